The molecule has 1 saturated carbocycles. The second-order valence-corrected chi connectivity index (χ2v) is 15.9. The predicted molar refractivity (Wildman–Crippen MR) is 212 cm³/mol. The second-order valence-electron chi connectivity index (χ2n) is 15.9. The number of nitrogens with zero attached hydrogens (tertiary/aromatic N) is 1. The number of H-pyrrole nitrogens is 1. The van der Waals surface area contributed by atoms with Gasteiger partial charge in [0.2, 0.25) is 5.56 Å². The fraction of sp³-hybridized carbons (Fsp3) is 0.523. The molecule has 1 unspecified atom stereocenters. The summed E-state index contributed by atoms with van der Waals surface area (Å²) in [4.78, 5) is 14.3. The van der Waals surface area contributed by atoms with Crippen LogP contribution in [0, 0.1) is 11.8 Å². The van der Waals surface area contributed by atoms with E-state index in [4.69, 9.17) is 18.9 Å². The molecule has 8 rings (SSSR count). The predicted octanol–water partition coefficient (Wildman–Crippen LogP) is 5.81. The number of ether oxygens (including phenoxy) is 4. The summed E-state index contributed by atoms with van der Waals surface area (Å²) in [6.45, 7) is 6.81. The minimum atomic E-state index is -0.927. The Morgan fingerprint density at radius 3 is 2.49 bits per heavy atom. The van der Waals surface area contributed by atoms with Gasteiger partial charge in [-0.05, 0) is 67.1 Å². The Bertz CT molecular complexity index is 1910. The molecule has 3 atom stereocenters. The molecule has 3 saturated heterocycles. The van der Waals surface area contributed by atoms with Crippen LogP contribution in [0.5, 0.6) is 23.0 Å². The first-order chi connectivity index (χ1) is 26.8. The maximum Gasteiger partial charge on any atom is 0.248 e. The second kappa shape index (κ2) is 17.8. The standard InChI is InChI=1S/C44H57N3O8/c1-52-40-27-34(13-17-39(40)54-25-7-21-45-28-38(49)35-14-16-37(48)43-36(35)15-18-42(50)46-43)53-26-8-22-47-23-19-31(20-24-47)41(29-47)55-30-44(51,33-11-5-6-12-33)32-9-3-2-4-10-32/h2-4,9-10,13-18,27,31,33,38,41,45,49,51H,5-8,11-12,19-26,28-30H2,1H3,(H-,46,48,50)/p+1/t31?,38-,41-,44?,47?/m0/s1. The van der Waals surface area contributed by atoms with Crippen molar-refractivity contribution in [3.8, 4) is 23.0 Å². The largest absolute Gasteiger partial charge is 0.506 e. The van der Waals surface area contributed by atoms with Gasteiger partial charge in [0.1, 0.15) is 29.7 Å². The number of phenolic OH excluding ortho intramolecular Hbond substituents is 1. The molecule has 2 bridgehead atoms. The Balaban J connectivity index is 0.833. The van der Waals surface area contributed by atoms with Gasteiger partial charge in [-0.3, -0.25) is 4.79 Å². The molecule has 0 radical (unpaired) electrons. The number of phenols is 1. The van der Waals surface area contributed by atoms with Gasteiger partial charge in [0.25, 0.3) is 0 Å². The number of aromatic nitrogens is 1. The zero-order chi connectivity index (χ0) is 38.3. The Kier molecular flexibility index (Phi) is 12.6. The number of nitrogens with one attached hydrogen (secondary N) is 2. The molecule has 11 nitrogen and oxygen atoms in total. The summed E-state index contributed by atoms with van der Waals surface area (Å²) in [7, 11) is 1.63. The highest BCUT2D eigenvalue weighted by atomic mass is 16.5. The van der Waals surface area contributed by atoms with Crippen molar-refractivity contribution in [1.82, 2.24) is 10.3 Å². The van der Waals surface area contributed by atoms with Crippen LogP contribution >= 0.6 is 0 Å². The number of pyridine rings is 1. The van der Waals surface area contributed by atoms with Gasteiger partial charge < -0.3 is 49.1 Å². The summed E-state index contributed by atoms with van der Waals surface area (Å²) in [5.74, 6) is 2.80. The number of fused-ring (bicyclic) bond motifs is 4. The Morgan fingerprint density at radius 2 is 1.71 bits per heavy atom. The van der Waals surface area contributed by atoms with Gasteiger partial charge >= 0.3 is 0 Å². The van der Waals surface area contributed by atoms with Gasteiger partial charge in [-0.2, -0.15) is 0 Å². The lowest BCUT2D eigenvalue weighted by atomic mass is 9.80. The van der Waals surface area contributed by atoms with Crippen molar-refractivity contribution in [2.24, 2.45) is 11.8 Å². The van der Waals surface area contributed by atoms with Crippen molar-refractivity contribution in [2.75, 3.05) is 66.2 Å². The molecule has 296 valence electrons. The number of hydrogen-bond acceptors (Lipinski definition) is 9. The first kappa shape index (κ1) is 39.1. The SMILES string of the molecule is COc1cc(OCCC[N+]23CCC(CC2)[C@@H](OCC(O)(c2ccccc2)C2CCCC2)C3)ccc1OCCCNC[C@H](O)c1ccc(O)c2[nH]c(=O)ccc12. The van der Waals surface area contributed by atoms with Crippen LogP contribution in [0.2, 0.25) is 0 Å². The Morgan fingerprint density at radius 1 is 0.927 bits per heavy atom. The van der Waals surface area contributed by atoms with Crippen LogP contribution in [0.15, 0.2) is 77.6 Å². The van der Waals surface area contributed by atoms with Gasteiger partial charge in [0.05, 0.1) is 58.2 Å². The summed E-state index contributed by atoms with van der Waals surface area (Å²) < 4.78 is 25.6. The molecule has 4 fully saturated rings. The molecular weight excluding hydrogens is 698 g/mol. The van der Waals surface area contributed by atoms with E-state index in [2.05, 4.69) is 22.4 Å². The number of aliphatic hydroxyl groups is 2. The third-order valence-corrected chi connectivity index (χ3v) is 12.4. The topological polar surface area (TPSA) is 142 Å². The average molecular weight is 757 g/mol. The van der Waals surface area contributed by atoms with Crippen LogP contribution in [0.4, 0.5) is 0 Å². The summed E-state index contributed by atoms with van der Waals surface area (Å²) in [6, 6.07) is 22.0. The van der Waals surface area contributed by atoms with Crippen molar-refractivity contribution in [3.05, 3.63) is 94.3 Å². The van der Waals surface area contributed by atoms with Gasteiger partial charge in [0, 0.05) is 49.2 Å². The molecule has 55 heavy (non-hydrogen) atoms. The fourth-order valence-corrected chi connectivity index (χ4v) is 9.25. The molecule has 5 N–H and O–H groups in total. The van der Waals surface area contributed by atoms with Crippen molar-refractivity contribution >= 4 is 10.9 Å². The summed E-state index contributed by atoms with van der Waals surface area (Å²) in [5, 5.41) is 36.8. The van der Waals surface area contributed by atoms with Crippen LogP contribution in [-0.2, 0) is 10.3 Å². The Labute approximate surface area is 323 Å². The van der Waals surface area contributed by atoms with Crippen LogP contribution in [0.25, 0.3) is 10.9 Å². The first-order valence-electron chi connectivity index (χ1n) is 20.2. The molecule has 0 spiro atoms. The molecule has 3 aliphatic heterocycles. The van der Waals surface area contributed by atoms with Gasteiger partial charge in [-0.25, -0.2) is 0 Å². The highest BCUT2D eigenvalue weighted by Gasteiger charge is 2.48. The Hall–Kier alpha value is -4.13. The molecule has 11 heteroatoms. The van der Waals surface area contributed by atoms with Crippen molar-refractivity contribution < 1.29 is 38.8 Å². The lowest BCUT2D eigenvalue weighted by Crippen LogP contribution is -2.65. The monoisotopic (exact) mass is 756 g/mol. The summed E-state index contributed by atoms with van der Waals surface area (Å²) >= 11 is 0. The zero-order valence-electron chi connectivity index (χ0n) is 32.1. The van der Waals surface area contributed by atoms with Crippen LogP contribution in [-0.4, -0.2) is 97.1 Å². The average Bonchev–Trinajstić information content (AvgIpc) is 3.77. The third-order valence-electron chi connectivity index (χ3n) is 12.4. The maximum absolute atomic E-state index is 12.1. The molecule has 1 aliphatic carbocycles. The van der Waals surface area contributed by atoms with E-state index in [1.165, 1.54) is 50.9 Å². The fourth-order valence-electron chi connectivity index (χ4n) is 9.25. The normalized spacial score (nSPS) is 22.7. The third kappa shape index (κ3) is 9.13. The van der Waals surface area contributed by atoms with E-state index in [1.807, 2.05) is 36.4 Å². The van der Waals surface area contributed by atoms with Crippen molar-refractivity contribution in [1.29, 1.82) is 0 Å². The van der Waals surface area contributed by atoms with E-state index in [0.29, 0.717) is 73.2 Å². The lowest BCUT2D eigenvalue weighted by Gasteiger charge is -2.53. The zero-order valence-corrected chi connectivity index (χ0v) is 32.1. The van der Waals surface area contributed by atoms with E-state index < -0.39 is 11.7 Å². The maximum atomic E-state index is 12.1. The van der Waals surface area contributed by atoms with Crippen molar-refractivity contribution in [2.45, 2.75) is 69.2 Å². The van der Waals surface area contributed by atoms with E-state index >= 15 is 0 Å². The first-order valence-corrected chi connectivity index (χ1v) is 20.2. The number of aromatic amines is 1. The lowest BCUT2D eigenvalue weighted by molar-refractivity contribution is -0.946. The molecule has 0 amide bonds. The molecule has 4 aromatic rings. The number of aliphatic hydroxyl groups excluding tert-OH is 1. The number of piperidine rings is 3. The number of aromatic hydroxyl groups is 1. The van der Waals surface area contributed by atoms with Gasteiger partial charge in [-0.1, -0.05) is 49.2 Å². The van der Waals surface area contributed by atoms with Crippen molar-refractivity contribution in [3.63, 3.8) is 0 Å². The number of quaternary nitrogens is 1. The summed E-state index contributed by atoms with van der Waals surface area (Å²) in [6.07, 6.45) is 7.85. The van der Waals surface area contributed by atoms with Crippen LogP contribution in [0.3, 0.4) is 0 Å². The number of rotatable bonds is 19. The molecule has 4 aliphatic rings. The highest BCUT2D eigenvalue weighted by Crippen LogP contribution is 2.43. The smallest absolute Gasteiger partial charge is 0.248 e. The number of methoxy groups -OCH3 is 1. The van der Waals surface area contributed by atoms with Gasteiger partial charge in [-0.15, -0.1) is 0 Å². The van der Waals surface area contributed by atoms with E-state index in [0.717, 1.165) is 48.1 Å². The minimum absolute atomic E-state index is 0.0333. The van der Waals surface area contributed by atoms with E-state index in [1.54, 1.807) is 19.2 Å². The van der Waals surface area contributed by atoms with Crippen LogP contribution < -0.4 is 25.1 Å². The number of hydrogen-bond donors (Lipinski definition) is 5. The molecular formula is C44H58N3O8+. The minimum Gasteiger partial charge on any atom is -0.506 e. The molecule has 1 aromatic heterocycles. The van der Waals surface area contributed by atoms with Crippen LogP contribution in [0.1, 0.15) is 68.6 Å². The number of benzene rings is 3. The van der Waals surface area contributed by atoms with E-state index in [9.17, 15) is 20.1 Å². The van der Waals surface area contributed by atoms with Gasteiger partial charge in [0.15, 0.2) is 11.5 Å². The molecule has 4 heterocycles. The summed E-state index contributed by atoms with van der Waals surface area (Å²) in [5.41, 5.74) is 0.695. The molecule has 3 aromatic carbocycles. The van der Waals surface area contributed by atoms with E-state index in [-0.39, 0.29) is 23.3 Å². The quantitative estimate of drug-likeness (QED) is 0.0593. The highest BCUT2D eigenvalue weighted by molar-refractivity contribution is 5.87.